The van der Waals surface area contributed by atoms with Gasteiger partial charge in [0, 0.05) is 19.5 Å². The Morgan fingerprint density at radius 2 is 1.30 bits per heavy atom. The van der Waals surface area contributed by atoms with Crippen molar-refractivity contribution in [2.24, 2.45) is 11.8 Å². The van der Waals surface area contributed by atoms with Crippen molar-refractivity contribution in [3.8, 4) is 0 Å². The zero-order valence-electron chi connectivity index (χ0n) is 35.6. The van der Waals surface area contributed by atoms with Crippen LogP contribution in [0, 0.1) is 11.8 Å². The Hall–Kier alpha value is -4.73. The molecular weight excluding hydrogens is 719 g/mol. The fourth-order valence-corrected chi connectivity index (χ4v) is 11.5. The van der Waals surface area contributed by atoms with Gasteiger partial charge in [0.05, 0.1) is 13.2 Å². The Bertz CT molecular complexity index is 1700. The molecule has 0 saturated heterocycles. The van der Waals surface area contributed by atoms with Crippen LogP contribution in [0.25, 0.3) is 0 Å². The molecule has 2 aromatic rings. The van der Waals surface area contributed by atoms with E-state index in [-0.39, 0.29) is 35.7 Å². The van der Waals surface area contributed by atoms with Gasteiger partial charge in [-0.05, 0) is 67.4 Å². The van der Waals surface area contributed by atoms with Gasteiger partial charge in [-0.2, -0.15) is 0 Å². The van der Waals surface area contributed by atoms with E-state index in [9.17, 15) is 19.5 Å². The second-order valence-electron chi connectivity index (χ2n) is 16.4. The van der Waals surface area contributed by atoms with Gasteiger partial charge in [0.15, 0.2) is 0 Å². The summed E-state index contributed by atoms with van der Waals surface area (Å²) < 4.78 is 17.7. The molecule has 2 aromatic carbocycles. The molecule has 0 saturated carbocycles. The predicted octanol–water partition coefficient (Wildman–Crippen LogP) is 8.96. The number of methoxy groups -OCH3 is 1. The molecule has 1 amide bonds. The number of aliphatic hydroxyl groups is 1. The minimum Gasteiger partial charge on any atom is -0.508 e. The van der Waals surface area contributed by atoms with Gasteiger partial charge in [-0.25, -0.2) is 4.79 Å². The highest BCUT2D eigenvalue weighted by Crippen LogP contribution is 2.39. The number of ether oxygens (including phenoxy) is 2. The smallest absolute Gasteiger partial charge is 0.328 e. The van der Waals surface area contributed by atoms with Crippen LogP contribution in [-0.4, -0.2) is 68.1 Å². The first-order valence-corrected chi connectivity index (χ1v) is 21.3. The summed E-state index contributed by atoms with van der Waals surface area (Å²) in [6.07, 6.45) is 17.6. The summed E-state index contributed by atoms with van der Waals surface area (Å²) in [5.41, 5.74) is 0.464. The van der Waals surface area contributed by atoms with Crippen LogP contribution in [0.3, 0.4) is 0 Å². The second-order valence-corrected chi connectivity index (χ2v) is 20.7. The maximum absolute atomic E-state index is 12.8. The van der Waals surface area contributed by atoms with E-state index in [0.29, 0.717) is 5.92 Å². The van der Waals surface area contributed by atoms with E-state index in [1.165, 1.54) is 30.6 Å². The molecule has 0 bridgehead atoms. The van der Waals surface area contributed by atoms with Crippen LogP contribution in [0.15, 0.2) is 133 Å². The fraction of sp³-hybridized carbons (Fsp3) is 0.426. The molecular formula is C47H65NO7Si. The Morgan fingerprint density at radius 3 is 1.77 bits per heavy atom. The molecule has 2 rings (SSSR count). The van der Waals surface area contributed by atoms with Crippen molar-refractivity contribution in [3.05, 3.63) is 133 Å². The van der Waals surface area contributed by atoms with E-state index >= 15 is 0 Å². The highest BCUT2D eigenvalue weighted by atomic mass is 28.4. The summed E-state index contributed by atoms with van der Waals surface area (Å²) in [7, 11) is -0.0973. The number of likely N-dealkylation sites (N-methyl/N-ethyl adjacent to an activating group) is 1. The van der Waals surface area contributed by atoms with E-state index in [1.807, 2.05) is 18.2 Å². The highest BCUT2D eigenvalue weighted by molar-refractivity contribution is 6.99. The number of allylic oxidation sites excluding steroid dienone is 9. The molecule has 3 atom stereocenters. The molecule has 0 aliphatic carbocycles. The normalized spacial score (nSPS) is 15.2. The van der Waals surface area contributed by atoms with E-state index in [0.717, 1.165) is 16.5 Å². The Labute approximate surface area is 337 Å². The second kappa shape index (κ2) is 22.1. The average molecular weight is 784 g/mol. The van der Waals surface area contributed by atoms with E-state index < -0.39 is 37.8 Å². The molecule has 1 N–H and O–H groups in total. The van der Waals surface area contributed by atoms with Crippen LogP contribution in [0.1, 0.15) is 82.1 Å². The molecule has 0 heterocycles. The largest absolute Gasteiger partial charge is 0.508 e. The number of aliphatic hydroxyl groups excluding tert-OH is 1. The molecule has 0 unspecified atom stereocenters. The van der Waals surface area contributed by atoms with Gasteiger partial charge in [0.1, 0.15) is 17.4 Å². The minimum absolute atomic E-state index is 0.00508. The third-order valence-corrected chi connectivity index (χ3v) is 14.2. The molecule has 56 heavy (non-hydrogen) atoms. The predicted molar refractivity (Wildman–Crippen MR) is 231 cm³/mol. The van der Waals surface area contributed by atoms with Crippen molar-refractivity contribution in [2.45, 2.75) is 105 Å². The number of carbonyl (C=O) groups excluding carboxylic acids is 3. The molecule has 0 aliphatic heterocycles. The van der Waals surface area contributed by atoms with E-state index in [4.69, 9.17) is 13.9 Å². The van der Waals surface area contributed by atoms with Crippen molar-refractivity contribution < 1.29 is 33.4 Å². The standard InChI is InChI=1S/C47H65NO7Si/c1-35(2)44(55-56(47(8,9)10,39-27-21-17-22-28-39)40-29-23-18-24-30-40)37(4)33-36(3)25-19-15-13-14-16-20-26-38(49)34-42(50)48(11)41(45(52)53-12)31-32-43(51)54-46(5,6)7/h13-30,33-35,37,41,44,49H,31-32H2,1-12H3/b15-13+,16-14+,25-19+,26-20+,36-33+,38-34-/t37-,41-,44+/m0/s1. The van der Waals surface area contributed by atoms with Gasteiger partial charge in [-0.15, -0.1) is 0 Å². The number of nitrogens with zero attached hydrogens (tertiary/aromatic N) is 1. The van der Waals surface area contributed by atoms with Crippen molar-refractivity contribution >= 4 is 36.5 Å². The first kappa shape index (κ1) is 47.4. The number of hydrogen-bond donors (Lipinski definition) is 1. The molecule has 8 nitrogen and oxygen atoms in total. The first-order chi connectivity index (χ1) is 26.2. The topological polar surface area (TPSA) is 102 Å². The van der Waals surface area contributed by atoms with Gasteiger partial charge in [0.2, 0.25) is 0 Å². The number of esters is 2. The lowest BCUT2D eigenvalue weighted by molar-refractivity contribution is -0.157. The van der Waals surface area contributed by atoms with Gasteiger partial charge in [-0.1, -0.05) is 156 Å². The lowest BCUT2D eigenvalue weighted by atomic mass is 9.93. The number of benzene rings is 2. The number of carbonyl (C=O) groups is 3. The maximum atomic E-state index is 12.8. The molecule has 0 spiro atoms. The van der Waals surface area contributed by atoms with Crippen molar-refractivity contribution in [2.75, 3.05) is 14.2 Å². The lowest BCUT2D eigenvalue weighted by Gasteiger charge is -2.47. The highest BCUT2D eigenvalue weighted by Gasteiger charge is 2.52. The fourth-order valence-electron chi connectivity index (χ4n) is 6.61. The molecule has 0 aromatic heterocycles. The Kier molecular flexibility index (Phi) is 18.7. The van der Waals surface area contributed by atoms with Gasteiger partial charge >= 0.3 is 11.9 Å². The number of rotatable bonds is 18. The van der Waals surface area contributed by atoms with E-state index in [2.05, 4.69) is 121 Å². The van der Waals surface area contributed by atoms with Gasteiger partial charge in [0.25, 0.3) is 14.2 Å². The molecule has 9 heteroatoms. The van der Waals surface area contributed by atoms with Crippen LogP contribution in [0.5, 0.6) is 0 Å². The maximum Gasteiger partial charge on any atom is 0.328 e. The van der Waals surface area contributed by atoms with Crippen molar-refractivity contribution in [1.29, 1.82) is 0 Å². The molecule has 0 fully saturated rings. The molecule has 304 valence electrons. The average Bonchev–Trinajstić information content (AvgIpc) is 3.12. The minimum atomic E-state index is -2.72. The third-order valence-electron chi connectivity index (χ3n) is 9.21. The summed E-state index contributed by atoms with van der Waals surface area (Å²) in [6.45, 7) is 21.0. The van der Waals surface area contributed by atoms with E-state index in [1.54, 1.807) is 39.0 Å². The third kappa shape index (κ3) is 14.7. The van der Waals surface area contributed by atoms with Crippen molar-refractivity contribution in [1.82, 2.24) is 4.90 Å². The lowest BCUT2D eigenvalue weighted by Crippen LogP contribution is -2.68. The van der Waals surface area contributed by atoms with Crippen LogP contribution in [0.4, 0.5) is 0 Å². The van der Waals surface area contributed by atoms with Crippen LogP contribution < -0.4 is 10.4 Å². The quantitative estimate of drug-likeness (QED) is 0.0530. The summed E-state index contributed by atoms with van der Waals surface area (Å²) in [5, 5.41) is 12.8. The Morgan fingerprint density at radius 1 is 0.804 bits per heavy atom. The number of amides is 1. The van der Waals surface area contributed by atoms with Gasteiger partial charge < -0.3 is 23.9 Å². The Balaban J connectivity index is 2.10. The zero-order chi connectivity index (χ0) is 42.1. The zero-order valence-corrected chi connectivity index (χ0v) is 36.6. The molecule has 0 aliphatic rings. The SMILES string of the molecule is COC(=O)[C@H](CCC(=O)OC(C)(C)C)N(C)C(=O)/C=C(O)/C=C/C=C/C=C/C=C/C(C)=C/[C@H](C)[C@H](O[Si](c1ccccc1)(c1ccccc1)C(C)(C)C)C(C)C. The van der Waals surface area contributed by atoms with Crippen LogP contribution >= 0.6 is 0 Å². The van der Waals surface area contributed by atoms with Crippen molar-refractivity contribution in [3.63, 3.8) is 0 Å². The number of hydrogen-bond acceptors (Lipinski definition) is 7. The summed E-state index contributed by atoms with van der Waals surface area (Å²) >= 11 is 0. The van der Waals surface area contributed by atoms with Crippen LogP contribution in [-0.2, 0) is 28.3 Å². The van der Waals surface area contributed by atoms with Crippen LogP contribution in [0.2, 0.25) is 5.04 Å². The summed E-state index contributed by atoms with van der Waals surface area (Å²) in [5.74, 6) is -1.62. The summed E-state index contributed by atoms with van der Waals surface area (Å²) in [4.78, 5) is 38.5. The monoisotopic (exact) mass is 783 g/mol. The summed E-state index contributed by atoms with van der Waals surface area (Å²) in [6, 6.07) is 20.5. The molecule has 0 radical (unpaired) electrons. The van der Waals surface area contributed by atoms with Gasteiger partial charge in [-0.3, -0.25) is 9.59 Å². The first-order valence-electron chi connectivity index (χ1n) is 19.4.